The molecule has 0 unspecified atom stereocenters. The number of esters is 6. The molecule has 0 heterocycles. The summed E-state index contributed by atoms with van der Waals surface area (Å²) < 4.78 is 25.7. The van der Waals surface area contributed by atoms with E-state index in [1.807, 2.05) is 0 Å². The summed E-state index contributed by atoms with van der Waals surface area (Å²) in [5.74, 6) is -12.1. The van der Waals surface area contributed by atoms with Crippen LogP contribution in [0.25, 0.3) is 0 Å². The van der Waals surface area contributed by atoms with Crippen molar-refractivity contribution in [1.82, 2.24) is 0 Å². The minimum atomic E-state index is -3.22. The summed E-state index contributed by atoms with van der Waals surface area (Å²) in [7, 11) is 0. The Morgan fingerprint density at radius 1 is 0.629 bits per heavy atom. The zero-order valence-electron chi connectivity index (χ0n) is 22.0. The molecular weight excluding hydrogens is 464 g/mol. The number of carbonyl (C=O) groups excluding carboxylic acids is 6. The van der Waals surface area contributed by atoms with Crippen LogP contribution in [-0.4, -0.2) is 47.9 Å². The standard InChI is InChI=1S/C24H38O11/c1-10-17(25)31-22(30)24(34-20(28)15(6)7,35-21(29)16(8)9)23(32-18(26)11-13(2)3)33-19(27)12-14(4)5/h13-16,23H,10-12H2,1-9H3. The Labute approximate surface area is 206 Å². The summed E-state index contributed by atoms with van der Waals surface area (Å²) in [6.45, 7) is 13.9. The molecule has 35 heavy (non-hydrogen) atoms. The Kier molecular flexibility index (Phi) is 13.2. The van der Waals surface area contributed by atoms with Crippen LogP contribution in [0.4, 0.5) is 0 Å². The average Bonchev–Trinajstić information content (AvgIpc) is 2.70. The second kappa shape index (κ2) is 14.4. The average molecular weight is 503 g/mol. The van der Waals surface area contributed by atoms with Crippen molar-refractivity contribution >= 4 is 35.8 Å². The molecule has 0 aromatic rings. The van der Waals surface area contributed by atoms with E-state index in [9.17, 15) is 28.8 Å². The van der Waals surface area contributed by atoms with Gasteiger partial charge >= 0.3 is 47.9 Å². The van der Waals surface area contributed by atoms with Crippen molar-refractivity contribution in [2.24, 2.45) is 23.7 Å². The van der Waals surface area contributed by atoms with Gasteiger partial charge in [0, 0.05) is 19.3 Å². The third kappa shape index (κ3) is 10.9. The maximum absolute atomic E-state index is 13.2. The van der Waals surface area contributed by atoms with Crippen molar-refractivity contribution in [3.05, 3.63) is 0 Å². The quantitative estimate of drug-likeness (QED) is 0.158. The third-order valence-electron chi connectivity index (χ3n) is 4.16. The molecule has 0 saturated heterocycles. The monoisotopic (exact) mass is 502 g/mol. The molecule has 0 radical (unpaired) electrons. The molecule has 0 bridgehead atoms. The van der Waals surface area contributed by atoms with Gasteiger partial charge in [0.25, 0.3) is 0 Å². The largest absolute Gasteiger partial charge is 0.433 e. The Morgan fingerprint density at radius 2 is 1.00 bits per heavy atom. The molecule has 0 saturated carbocycles. The zero-order chi connectivity index (χ0) is 27.5. The molecule has 11 heteroatoms. The molecule has 0 amide bonds. The maximum Gasteiger partial charge on any atom is 0.433 e. The highest BCUT2D eigenvalue weighted by atomic mass is 16.8. The first kappa shape index (κ1) is 32.0. The van der Waals surface area contributed by atoms with Crippen molar-refractivity contribution in [3.63, 3.8) is 0 Å². The molecule has 0 atom stereocenters. The smallest absolute Gasteiger partial charge is 0.416 e. The van der Waals surface area contributed by atoms with Crippen molar-refractivity contribution in [2.75, 3.05) is 0 Å². The molecule has 0 aliphatic heterocycles. The van der Waals surface area contributed by atoms with Gasteiger partial charge in [-0.1, -0.05) is 62.3 Å². The summed E-state index contributed by atoms with van der Waals surface area (Å²) >= 11 is 0. The first-order chi connectivity index (χ1) is 16.0. The van der Waals surface area contributed by atoms with Gasteiger partial charge in [-0.3, -0.25) is 24.0 Å². The predicted octanol–water partition coefficient (Wildman–Crippen LogP) is 3.07. The zero-order valence-corrected chi connectivity index (χ0v) is 22.0. The molecule has 200 valence electrons. The van der Waals surface area contributed by atoms with Gasteiger partial charge in [0.2, 0.25) is 0 Å². The Bertz CT molecular complexity index is 734. The number of hydrogen-bond donors (Lipinski definition) is 0. The molecule has 0 aromatic carbocycles. The lowest BCUT2D eigenvalue weighted by Crippen LogP contribution is -2.60. The van der Waals surface area contributed by atoms with Gasteiger partial charge in [0.05, 0.1) is 11.8 Å². The fourth-order valence-electron chi connectivity index (χ4n) is 2.26. The van der Waals surface area contributed by atoms with E-state index in [1.54, 1.807) is 27.7 Å². The van der Waals surface area contributed by atoms with E-state index >= 15 is 0 Å². The van der Waals surface area contributed by atoms with Crippen LogP contribution in [0.2, 0.25) is 0 Å². The lowest BCUT2D eigenvalue weighted by atomic mass is 10.1. The number of ether oxygens (including phenoxy) is 5. The molecule has 0 spiro atoms. The minimum Gasteiger partial charge on any atom is -0.416 e. The van der Waals surface area contributed by atoms with Crippen molar-refractivity contribution in [3.8, 4) is 0 Å². The van der Waals surface area contributed by atoms with Crippen LogP contribution in [0.5, 0.6) is 0 Å². The first-order valence-electron chi connectivity index (χ1n) is 11.6. The number of carbonyl (C=O) groups is 6. The first-order valence-corrected chi connectivity index (χ1v) is 11.6. The number of hydrogen-bond acceptors (Lipinski definition) is 11. The fraction of sp³-hybridized carbons (Fsp3) is 0.750. The summed E-state index contributed by atoms with van der Waals surface area (Å²) in [5.41, 5.74) is 0. The maximum atomic E-state index is 13.2. The van der Waals surface area contributed by atoms with Gasteiger partial charge in [-0.2, -0.15) is 0 Å². The lowest BCUT2D eigenvalue weighted by molar-refractivity contribution is -0.308. The van der Waals surface area contributed by atoms with E-state index in [0.29, 0.717) is 0 Å². The van der Waals surface area contributed by atoms with Gasteiger partial charge in [-0.25, -0.2) is 4.79 Å². The summed E-state index contributed by atoms with van der Waals surface area (Å²) in [5, 5.41) is 0. The van der Waals surface area contributed by atoms with Crippen LogP contribution in [0.15, 0.2) is 0 Å². The molecule has 0 aliphatic rings. The molecule has 11 nitrogen and oxygen atoms in total. The highest BCUT2D eigenvalue weighted by molar-refractivity contribution is 5.93. The summed E-state index contributed by atoms with van der Waals surface area (Å²) in [6, 6.07) is 0. The van der Waals surface area contributed by atoms with E-state index in [4.69, 9.17) is 23.7 Å². The fourth-order valence-corrected chi connectivity index (χ4v) is 2.26. The van der Waals surface area contributed by atoms with Gasteiger partial charge in [0.15, 0.2) is 0 Å². The Morgan fingerprint density at radius 3 is 1.29 bits per heavy atom. The molecule has 0 aliphatic carbocycles. The normalized spacial score (nSPS) is 11.6. The second-order valence-electron chi connectivity index (χ2n) is 9.44. The molecule has 0 rings (SSSR count). The van der Waals surface area contributed by atoms with Crippen molar-refractivity contribution < 1.29 is 52.5 Å². The van der Waals surface area contributed by atoms with Crippen molar-refractivity contribution in [1.29, 1.82) is 0 Å². The summed E-state index contributed by atoms with van der Waals surface area (Å²) in [6.07, 6.45) is -2.98. The topological polar surface area (TPSA) is 149 Å². The van der Waals surface area contributed by atoms with Gasteiger partial charge < -0.3 is 23.7 Å². The minimum absolute atomic E-state index is 0.173. The highest BCUT2D eigenvalue weighted by Gasteiger charge is 2.61. The lowest BCUT2D eigenvalue weighted by Gasteiger charge is -2.35. The third-order valence-corrected chi connectivity index (χ3v) is 4.16. The van der Waals surface area contributed by atoms with E-state index in [0.717, 1.165) is 0 Å². The van der Waals surface area contributed by atoms with E-state index < -0.39 is 59.7 Å². The van der Waals surface area contributed by atoms with Crippen molar-refractivity contribution in [2.45, 2.75) is 93.7 Å². The molecule has 0 fully saturated rings. The second-order valence-corrected chi connectivity index (χ2v) is 9.44. The SMILES string of the molecule is CCC(=O)OC(=O)C(OC(=O)C(C)C)(OC(=O)C(C)C)C(OC(=O)CC(C)C)OC(=O)CC(C)C. The summed E-state index contributed by atoms with van der Waals surface area (Å²) in [4.78, 5) is 75.5. The predicted molar refractivity (Wildman–Crippen MR) is 121 cm³/mol. The Balaban J connectivity index is 6.88. The Hall–Kier alpha value is -2.98. The van der Waals surface area contributed by atoms with Gasteiger partial charge in [-0.05, 0) is 11.8 Å². The highest BCUT2D eigenvalue weighted by Crippen LogP contribution is 2.29. The molecule has 0 N–H and O–H groups in total. The van der Waals surface area contributed by atoms with Crippen LogP contribution in [0.3, 0.4) is 0 Å². The molecule has 0 aromatic heterocycles. The van der Waals surface area contributed by atoms with Gasteiger partial charge in [-0.15, -0.1) is 0 Å². The number of rotatable bonds is 13. The van der Waals surface area contributed by atoms with E-state index in [-0.39, 0.29) is 31.1 Å². The van der Waals surface area contributed by atoms with Crippen LogP contribution in [-0.2, 0) is 52.5 Å². The van der Waals surface area contributed by atoms with E-state index in [2.05, 4.69) is 0 Å². The van der Waals surface area contributed by atoms with Crippen LogP contribution < -0.4 is 0 Å². The van der Waals surface area contributed by atoms with Crippen LogP contribution in [0, 0.1) is 23.7 Å². The van der Waals surface area contributed by atoms with Crippen LogP contribution in [0.1, 0.15) is 81.6 Å². The van der Waals surface area contributed by atoms with E-state index in [1.165, 1.54) is 34.6 Å². The van der Waals surface area contributed by atoms with Gasteiger partial charge in [0.1, 0.15) is 0 Å². The molecular formula is C24H38O11. The van der Waals surface area contributed by atoms with Crippen LogP contribution >= 0.6 is 0 Å².